The van der Waals surface area contributed by atoms with Gasteiger partial charge in [0.15, 0.2) is 15.6 Å². The third-order valence-electron chi connectivity index (χ3n) is 6.50. The number of aromatic carboxylic acids is 1. The first-order valence-corrected chi connectivity index (χ1v) is 13.5. The van der Waals surface area contributed by atoms with E-state index in [0.29, 0.717) is 33.7 Å². The number of benzene rings is 3. The monoisotopic (exact) mass is 537 g/mol. The second kappa shape index (κ2) is 10.5. The summed E-state index contributed by atoms with van der Waals surface area (Å²) in [5, 5.41) is 13.6. The van der Waals surface area contributed by atoms with Crippen LogP contribution in [0.2, 0.25) is 0 Å². The molecule has 0 radical (unpaired) electrons. The number of furan rings is 1. The molecule has 0 fully saturated rings. The molecule has 2 aromatic heterocycles. The van der Waals surface area contributed by atoms with Crippen LogP contribution < -0.4 is 39.4 Å². The van der Waals surface area contributed by atoms with Gasteiger partial charge in [-0.25, -0.2) is 13.4 Å². The van der Waals surface area contributed by atoms with Gasteiger partial charge in [0, 0.05) is 22.8 Å². The van der Waals surface area contributed by atoms with Gasteiger partial charge in [0.1, 0.15) is 23.1 Å². The van der Waals surface area contributed by atoms with Crippen LogP contribution >= 0.6 is 0 Å². The van der Waals surface area contributed by atoms with Crippen LogP contribution in [-0.2, 0) is 9.84 Å². The first-order valence-electron chi connectivity index (χ1n) is 11.7. The molecule has 2 heterocycles. The summed E-state index contributed by atoms with van der Waals surface area (Å²) in [4.78, 5) is 17.3. The van der Waals surface area contributed by atoms with Gasteiger partial charge in [-0.15, -0.1) is 0 Å². The number of hydrogen-bond donors (Lipinski definition) is 0. The Kier molecular flexibility index (Phi) is 7.72. The first-order chi connectivity index (χ1) is 17.5. The molecule has 0 saturated carbocycles. The minimum Gasteiger partial charge on any atom is -0.545 e. The maximum atomic E-state index is 12.3. The number of hydrogen-bond acceptors (Lipinski definition) is 7. The van der Waals surface area contributed by atoms with Gasteiger partial charge in [-0.2, -0.15) is 0 Å². The summed E-state index contributed by atoms with van der Waals surface area (Å²) in [7, 11) is -3.32. The smallest absolute Gasteiger partial charge is 0.545 e. The number of pyridine rings is 1. The predicted octanol–water partition coefficient (Wildman–Crippen LogP) is 2.18. The molecule has 0 aliphatic carbocycles. The van der Waals surface area contributed by atoms with E-state index in [4.69, 9.17) is 14.1 Å². The van der Waals surface area contributed by atoms with E-state index in [0.717, 1.165) is 28.3 Å². The average molecular weight is 538 g/mol. The van der Waals surface area contributed by atoms with Crippen LogP contribution in [0.5, 0.6) is 5.75 Å². The van der Waals surface area contributed by atoms with Crippen LogP contribution in [0.3, 0.4) is 0 Å². The van der Waals surface area contributed by atoms with Gasteiger partial charge in [0.25, 0.3) is 0 Å². The number of aryl methyl sites for hydroxylation is 2. The summed E-state index contributed by atoms with van der Waals surface area (Å²) in [5.41, 5.74) is 3.86. The third-order valence-corrected chi connectivity index (χ3v) is 7.63. The quantitative estimate of drug-likeness (QED) is 0.306. The van der Waals surface area contributed by atoms with Gasteiger partial charge in [0.2, 0.25) is 0 Å². The normalized spacial score (nSPS) is 12.3. The third kappa shape index (κ3) is 5.09. The topological polar surface area (TPSA) is 110 Å². The fraction of sp³-hybridized carbons (Fsp3) is 0.172. The van der Waals surface area contributed by atoms with Gasteiger partial charge in [0.05, 0.1) is 21.8 Å². The summed E-state index contributed by atoms with van der Waals surface area (Å²) in [6, 6.07) is 19.0. The van der Waals surface area contributed by atoms with Crippen LogP contribution in [0.15, 0.2) is 76.0 Å². The zero-order chi connectivity index (χ0) is 26.5. The molecule has 7 nitrogen and oxygen atoms in total. The van der Waals surface area contributed by atoms with Crippen LogP contribution in [-0.4, -0.2) is 25.6 Å². The minimum atomic E-state index is -3.32. The second-order valence-electron chi connectivity index (χ2n) is 9.10. The van der Waals surface area contributed by atoms with E-state index in [9.17, 15) is 18.3 Å². The number of sulfone groups is 1. The maximum Gasteiger partial charge on any atom is 1.00 e. The summed E-state index contributed by atoms with van der Waals surface area (Å²) in [6.07, 6.45) is 0.655. The number of rotatable bonds is 6. The molecular weight excluding hydrogens is 513 g/mol. The van der Waals surface area contributed by atoms with E-state index in [1.54, 1.807) is 25.1 Å². The van der Waals surface area contributed by atoms with Gasteiger partial charge >= 0.3 is 29.6 Å². The summed E-state index contributed by atoms with van der Waals surface area (Å²) < 4.78 is 35.8. The van der Waals surface area contributed by atoms with Crippen molar-refractivity contribution < 1.29 is 57.0 Å². The van der Waals surface area contributed by atoms with Crippen LogP contribution in [0.25, 0.3) is 33.3 Å². The van der Waals surface area contributed by atoms with Gasteiger partial charge in [-0.3, -0.25) is 0 Å². The van der Waals surface area contributed by atoms with Crippen molar-refractivity contribution in [2.45, 2.75) is 31.8 Å². The van der Waals surface area contributed by atoms with Crippen molar-refractivity contribution in [2.24, 2.45) is 0 Å². The molecule has 0 aliphatic heterocycles. The number of nitrogens with zero attached hydrogens (tertiary/aromatic N) is 1. The largest absolute Gasteiger partial charge is 1.00 e. The van der Waals surface area contributed by atoms with Crippen LogP contribution in [0.1, 0.15) is 40.1 Å². The van der Waals surface area contributed by atoms with Crippen molar-refractivity contribution in [3.8, 4) is 17.2 Å². The van der Waals surface area contributed by atoms with Gasteiger partial charge in [-0.1, -0.05) is 36.4 Å². The SMILES string of the molecule is Cc1c(-c2cc(C(=O)[O-])c3c(OC(C)c4ccc(S(C)(=O)=O)cc4)ccc(C)c3n2)oc2ccccc12.[Na+]. The Morgan fingerprint density at radius 1 is 1.03 bits per heavy atom. The van der Waals surface area contributed by atoms with Crippen molar-refractivity contribution in [2.75, 3.05) is 6.26 Å². The van der Waals surface area contributed by atoms with E-state index in [1.807, 2.05) is 44.2 Å². The molecule has 0 N–H and O–H groups in total. The van der Waals surface area contributed by atoms with E-state index in [1.165, 1.54) is 18.2 Å². The number of fused-ring (bicyclic) bond motifs is 2. The Morgan fingerprint density at radius 3 is 2.34 bits per heavy atom. The molecule has 9 heteroatoms. The average Bonchev–Trinajstić information content (AvgIpc) is 3.21. The molecule has 3 aromatic carbocycles. The molecule has 0 saturated heterocycles. The zero-order valence-corrected chi connectivity index (χ0v) is 24.5. The molecule has 0 amide bonds. The van der Waals surface area contributed by atoms with Crippen LogP contribution in [0.4, 0.5) is 0 Å². The summed E-state index contributed by atoms with van der Waals surface area (Å²) in [6.45, 7) is 5.56. The van der Waals surface area contributed by atoms with E-state index >= 15 is 0 Å². The number of ether oxygens (including phenoxy) is 1. The Labute approximate surface area is 242 Å². The second-order valence-corrected chi connectivity index (χ2v) is 11.1. The molecule has 5 aromatic rings. The standard InChI is InChI=1S/C29H25NO6S.Na/c1-16-9-14-25(35-18(3)19-10-12-20(13-11-19)37(4,33)34)26-22(29(31)32)15-23(30-27(16)26)28-17(2)21-7-5-6-8-24(21)36-28;/h5-15,18H,1-4H3,(H,31,32);/q;+1/p-1. The van der Waals surface area contributed by atoms with Gasteiger partial charge in [-0.05, 0) is 62.2 Å². The van der Waals surface area contributed by atoms with Crippen molar-refractivity contribution in [1.82, 2.24) is 4.98 Å². The molecule has 0 spiro atoms. The molecule has 0 bridgehead atoms. The number of carbonyl (C=O) groups is 1. The zero-order valence-electron chi connectivity index (χ0n) is 21.7. The molecule has 38 heavy (non-hydrogen) atoms. The number of carbonyl (C=O) groups excluding carboxylic acids is 1. The summed E-state index contributed by atoms with van der Waals surface area (Å²) in [5.74, 6) is -0.529. The van der Waals surface area contributed by atoms with E-state index < -0.39 is 21.9 Å². The Balaban J connectivity index is 0.00000336. The predicted molar refractivity (Wildman–Crippen MR) is 139 cm³/mol. The minimum absolute atomic E-state index is 0. The Morgan fingerprint density at radius 2 is 1.71 bits per heavy atom. The van der Waals surface area contributed by atoms with Crippen LogP contribution in [0, 0.1) is 13.8 Å². The molecule has 1 unspecified atom stereocenters. The number of para-hydroxylation sites is 1. The van der Waals surface area contributed by atoms with Crippen molar-refractivity contribution >= 4 is 37.7 Å². The first kappa shape index (κ1) is 27.9. The van der Waals surface area contributed by atoms with Crippen molar-refractivity contribution in [3.63, 3.8) is 0 Å². The molecular formula is C29H24NNaO6S. The maximum absolute atomic E-state index is 12.3. The number of carboxylic acids is 1. The fourth-order valence-corrected chi connectivity index (χ4v) is 5.11. The number of carboxylic acid groups (broad SMARTS) is 1. The molecule has 188 valence electrons. The Hall–Kier alpha value is -3.17. The molecule has 5 rings (SSSR count). The molecule has 0 aliphatic rings. The molecule has 1 atom stereocenters. The van der Waals surface area contributed by atoms with Crippen molar-refractivity contribution in [1.29, 1.82) is 0 Å². The van der Waals surface area contributed by atoms with Crippen molar-refractivity contribution in [3.05, 3.63) is 89.0 Å². The van der Waals surface area contributed by atoms with E-state index in [2.05, 4.69) is 0 Å². The Bertz CT molecular complexity index is 1790. The van der Waals surface area contributed by atoms with E-state index in [-0.39, 0.29) is 40.0 Å². The summed E-state index contributed by atoms with van der Waals surface area (Å²) >= 11 is 0. The fourth-order valence-electron chi connectivity index (χ4n) is 4.48. The number of aromatic nitrogens is 1. The van der Waals surface area contributed by atoms with Gasteiger partial charge < -0.3 is 19.1 Å².